The quantitative estimate of drug-likeness (QED) is 0.395. The molecule has 1 aromatic heterocycles. The number of aromatic nitrogens is 2. The van der Waals surface area contributed by atoms with Gasteiger partial charge in [0, 0.05) is 16.5 Å². The topological polar surface area (TPSA) is 59.4 Å². The van der Waals surface area contributed by atoms with Crippen LogP contribution in [0.2, 0.25) is 0 Å². The van der Waals surface area contributed by atoms with Crippen molar-refractivity contribution in [3.63, 3.8) is 0 Å². The summed E-state index contributed by atoms with van der Waals surface area (Å²) in [5, 5.41) is 5.32. The van der Waals surface area contributed by atoms with Gasteiger partial charge in [-0.1, -0.05) is 54.1 Å². The molecule has 28 heavy (non-hydrogen) atoms. The molecule has 1 heterocycles. The highest BCUT2D eigenvalue weighted by Crippen LogP contribution is 2.28. The van der Waals surface area contributed by atoms with Crippen LogP contribution in [0.4, 0.5) is 5.95 Å². The Bertz CT molecular complexity index is 1140. The molecule has 0 radical (unpaired) electrons. The monoisotopic (exact) mass is 368 g/mol. The minimum atomic E-state index is 0.446. The predicted octanol–water partition coefficient (Wildman–Crippen LogP) is 5.06. The van der Waals surface area contributed by atoms with E-state index in [0.717, 1.165) is 33.5 Å². The Morgan fingerprint density at radius 1 is 0.929 bits per heavy atom. The number of nitrogens with one attached hydrogen (secondary N) is 1. The average Bonchev–Trinajstić information content (AvgIpc) is 2.74. The third kappa shape index (κ3) is 3.69. The van der Waals surface area contributed by atoms with Gasteiger partial charge in [-0.2, -0.15) is 5.10 Å². The van der Waals surface area contributed by atoms with E-state index in [0.29, 0.717) is 5.95 Å². The van der Waals surface area contributed by atoms with Gasteiger partial charge in [0.1, 0.15) is 5.75 Å². The van der Waals surface area contributed by atoms with E-state index in [1.54, 1.807) is 13.3 Å². The van der Waals surface area contributed by atoms with Gasteiger partial charge in [0.2, 0.25) is 5.95 Å². The van der Waals surface area contributed by atoms with Crippen LogP contribution in [0.25, 0.3) is 22.2 Å². The van der Waals surface area contributed by atoms with Crippen LogP contribution < -0.4 is 10.2 Å². The summed E-state index contributed by atoms with van der Waals surface area (Å²) in [5.74, 6) is 1.20. The number of hydrogen-bond donors (Lipinski definition) is 1. The van der Waals surface area contributed by atoms with Gasteiger partial charge in [-0.3, -0.25) is 0 Å². The third-order valence-electron chi connectivity index (χ3n) is 4.41. The number of benzene rings is 3. The maximum Gasteiger partial charge on any atom is 0.244 e. The van der Waals surface area contributed by atoms with E-state index >= 15 is 0 Å². The van der Waals surface area contributed by atoms with E-state index in [-0.39, 0.29) is 0 Å². The Balaban J connectivity index is 1.72. The molecule has 0 spiro atoms. The number of ether oxygens (including phenoxy) is 1. The van der Waals surface area contributed by atoms with Crippen molar-refractivity contribution < 1.29 is 4.74 Å². The summed E-state index contributed by atoms with van der Waals surface area (Å²) in [6.45, 7) is 2.07. The Hall–Kier alpha value is -3.73. The SMILES string of the molecule is COc1ccccc1/C=N\Nc1nc(-c2ccccc2)c2cc(C)ccc2n1. The smallest absolute Gasteiger partial charge is 0.244 e. The maximum atomic E-state index is 5.34. The second kappa shape index (κ2) is 7.88. The van der Waals surface area contributed by atoms with Crippen LogP contribution in [0.3, 0.4) is 0 Å². The van der Waals surface area contributed by atoms with Gasteiger partial charge in [0.05, 0.1) is 24.5 Å². The minimum absolute atomic E-state index is 0.446. The second-order valence-corrected chi connectivity index (χ2v) is 6.39. The molecule has 138 valence electrons. The van der Waals surface area contributed by atoms with E-state index in [9.17, 15) is 0 Å². The standard InChI is InChI=1S/C23H20N4O/c1-16-12-13-20-19(14-16)22(17-8-4-3-5-9-17)26-23(25-20)27-24-15-18-10-6-7-11-21(18)28-2/h3-15H,1-2H3,(H,25,26,27)/b24-15-. The van der Waals surface area contributed by atoms with Gasteiger partial charge < -0.3 is 4.74 Å². The number of para-hydroxylation sites is 1. The van der Waals surface area contributed by atoms with Crippen LogP contribution in [-0.2, 0) is 0 Å². The summed E-state index contributed by atoms with van der Waals surface area (Å²) in [4.78, 5) is 9.33. The Kier molecular flexibility index (Phi) is 4.97. The van der Waals surface area contributed by atoms with Crippen molar-refractivity contribution in [3.8, 4) is 17.0 Å². The molecule has 0 saturated carbocycles. The highest BCUT2D eigenvalue weighted by molar-refractivity contribution is 5.93. The molecule has 0 amide bonds. The molecule has 0 atom stereocenters. The van der Waals surface area contributed by atoms with Crippen LogP contribution >= 0.6 is 0 Å². The Morgan fingerprint density at radius 2 is 1.71 bits per heavy atom. The lowest BCUT2D eigenvalue weighted by atomic mass is 10.0. The molecule has 5 heteroatoms. The fourth-order valence-corrected chi connectivity index (χ4v) is 3.04. The highest BCUT2D eigenvalue weighted by Gasteiger charge is 2.10. The zero-order valence-electron chi connectivity index (χ0n) is 15.8. The molecule has 3 aromatic carbocycles. The van der Waals surface area contributed by atoms with Crippen molar-refractivity contribution in [1.29, 1.82) is 0 Å². The van der Waals surface area contributed by atoms with Crippen LogP contribution in [0.5, 0.6) is 5.75 Å². The number of rotatable bonds is 5. The molecule has 4 aromatic rings. The molecule has 1 N–H and O–H groups in total. The largest absolute Gasteiger partial charge is 0.496 e. The molecule has 0 saturated heterocycles. The molecule has 4 rings (SSSR count). The van der Waals surface area contributed by atoms with E-state index in [2.05, 4.69) is 28.5 Å². The summed E-state index contributed by atoms with van der Waals surface area (Å²) in [7, 11) is 1.64. The van der Waals surface area contributed by atoms with Crippen molar-refractivity contribution in [2.75, 3.05) is 12.5 Å². The number of aryl methyl sites for hydroxylation is 1. The zero-order chi connectivity index (χ0) is 19.3. The normalized spacial score (nSPS) is 11.1. The molecule has 0 fully saturated rings. The average molecular weight is 368 g/mol. The van der Waals surface area contributed by atoms with Gasteiger partial charge in [-0.15, -0.1) is 0 Å². The van der Waals surface area contributed by atoms with Crippen LogP contribution in [-0.4, -0.2) is 23.3 Å². The van der Waals surface area contributed by atoms with Gasteiger partial charge in [0.15, 0.2) is 0 Å². The van der Waals surface area contributed by atoms with Crippen molar-refractivity contribution in [1.82, 2.24) is 9.97 Å². The number of fused-ring (bicyclic) bond motifs is 1. The number of anilines is 1. The molecule has 0 bridgehead atoms. The van der Waals surface area contributed by atoms with Gasteiger partial charge in [-0.25, -0.2) is 15.4 Å². The predicted molar refractivity (Wildman–Crippen MR) is 114 cm³/mol. The van der Waals surface area contributed by atoms with Crippen LogP contribution in [0.1, 0.15) is 11.1 Å². The molecule has 0 aliphatic rings. The molecular formula is C23H20N4O. The summed E-state index contributed by atoms with van der Waals surface area (Å²) in [6.07, 6.45) is 1.70. The first-order valence-electron chi connectivity index (χ1n) is 9.00. The number of nitrogens with zero attached hydrogens (tertiary/aromatic N) is 3. The van der Waals surface area contributed by atoms with Crippen LogP contribution in [0, 0.1) is 6.92 Å². The summed E-state index contributed by atoms with van der Waals surface area (Å²) >= 11 is 0. The molecule has 0 unspecified atom stereocenters. The number of hydrogen-bond acceptors (Lipinski definition) is 5. The fraction of sp³-hybridized carbons (Fsp3) is 0.0870. The molecule has 0 aliphatic heterocycles. The first-order chi connectivity index (χ1) is 13.7. The molecular weight excluding hydrogens is 348 g/mol. The maximum absolute atomic E-state index is 5.34. The fourth-order valence-electron chi connectivity index (χ4n) is 3.04. The van der Waals surface area contributed by atoms with Crippen LogP contribution in [0.15, 0.2) is 77.9 Å². The van der Waals surface area contributed by atoms with Crippen molar-refractivity contribution in [2.45, 2.75) is 6.92 Å². The van der Waals surface area contributed by atoms with Crippen molar-refractivity contribution in [3.05, 3.63) is 83.9 Å². The van der Waals surface area contributed by atoms with Gasteiger partial charge >= 0.3 is 0 Å². The second-order valence-electron chi connectivity index (χ2n) is 6.39. The first-order valence-corrected chi connectivity index (χ1v) is 9.00. The third-order valence-corrected chi connectivity index (χ3v) is 4.41. The van der Waals surface area contributed by atoms with Crippen molar-refractivity contribution in [2.24, 2.45) is 5.10 Å². The molecule has 5 nitrogen and oxygen atoms in total. The van der Waals surface area contributed by atoms with Crippen molar-refractivity contribution >= 4 is 23.1 Å². The Morgan fingerprint density at radius 3 is 2.54 bits per heavy atom. The minimum Gasteiger partial charge on any atom is -0.496 e. The highest BCUT2D eigenvalue weighted by atomic mass is 16.5. The lowest BCUT2D eigenvalue weighted by molar-refractivity contribution is 0.414. The molecule has 0 aliphatic carbocycles. The van der Waals surface area contributed by atoms with E-state index in [1.165, 1.54) is 5.56 Å². The van der Waals surface area contributed by atoms with E-state index in [4.69, 9.17) is 9.72 Å². The van der Waals surface area contributed by atoms with Gasteiger partial charge in [-0.05, 0) is 31.2 Å². The van der Waals surface area contributed by atoms with Gasteiger partial charge in [0.25, 0.3) is 0 Å². The Labute approximate surface area is 163 Å². The lowest BCUT2D eigenvalue weighted by Gasteiger charge is -2.09. The summed E-state index contributed by atoms with van der Waals surface area (Å²) < 4.78 is 5.34. The number of hydrazone groups is 1. The summed E-state index contributed by atoms with van der Waals surface area (Å²) in [5.41, 5.74) is 7.78. The zero-order valence-corrected chi connectivity index (χ0v) is 15.8. The summed E-state index contributed by atoms with van der Waals surface area (Å²) in [6, 6.07) is 24.0. The van der Waals surface area contributed by atoms with E-state index in [1.807, 2.05) is 66.7 Å². The lowest BCUT2D eigenvalue weighted by Crippen LogP contribution is -2.00. The van der Waals surface area contributed by atoms with E-state index < -0.39 is 0 Å². The number of methoxy groups -OCH3 is 1. The first kappa shape index (κ1) is 17.7.